The van der Waals surface area contributed by atoms with Crippen molar-refractivity contribution in [2.75, 3.05) is 16.0 Å². The minimum atomic E-state index is -1.20. The molecule has 0 atom stereocenters. The first kappa shape index (κ1) is 22.6. The van der Waals surface area contributed by atoms with Crippen LogP contribution in [-0.2, 0) is 0 Å². The topological polar surface area (TPSA) is 162 Å². The molecule has 0 saturated carbocycles. The van der Waals surface area contributed by atoms with E-state index in [2.05, 4.69) is 25.9 Å². The summed E-state index contributed by atoms with van der Waals surface area (Å²) in [5.74, 6) is 0.152. The lowest BCUT2D eigenvalue weighted by Crippen LogP contribution is -2.20. The maximum atomic E-state index is 12.3. The number of nitro groups is 1. The number of rotatable bonds is 6. The van der Waals surface area contributed by atoms with E-state index >= 15 is 0 Å². The molecule has 3 amide bonds. The van der Waals surface area contributed by atoms with Crippen LogP contribution in [0.3, 0.4) is 0 Å². The Morgan fingerprint density at radius 3 is 2.44 bits per heavy atom. The summed E-state index contributed by atoms with van der Waals surface area (Å²) in [5.41, 5.74) is 2.84. The number of anilines is 3. The summed E-state index contributed by atoms with van der Waals surface area (Å²) >= 11 is 1.49. The molecule has 4 rings (SSSR count). The van der Waals surface area contributed by atoms with Crippen molar-refractivity contribution in [1.82, 2.24) is 9.97 Å². The number of carbonyl (C=O) groups is 2. The molecule has 12 heteroatoms. The van der Waals surface area contributed by atoms with Gasteiger partial charge in [-0.25, -0.2) is 14.6 Å². The number of nitrogens with one attached hydrogen (secondary N) is 4. The van der Waals surface area contributed by atoms with Crippen LogP contribution in [-0.4, -0.2) is 32.1 Å². The molecule has 1 heterocycles. The fourth-order valence-electron chi connectivity index (χ4n) is 3.10. The Balaban J connectivity index is 1.39. The summed E-state index contributed by atoms with van der Waals surface area (Å²) in [7, 11) is 0. The number of nitro benzene ring substituents is 1. The van der Waals surface area contributed by atoms with Crippen molar-refractivity contribution in [3.8, 4) is 0 Å². The molecular formula is C22H18N6O5S. The Morgan fingerprint density at radius 1 is 1.00 bits per heavy atom. The molecule has 11 nitrogen and oxygen atoms in total. The summed E-state index contributed by atoms with van der Waals surface area (Å²) in [5, 5.41) is 27.3. The number of hydrogen-bond donors (Lipinski definition) is 5. The highest BCUT2D eigenvalue weighted by Crippen LogP contribution is 2.31. The third-order valence-electron chi connectivity index (χ3n) is 4.71. The lowest BCUT2D eigenvalue weighted by molar-refractivity contribution is -0.384. The highest BCUT2D eigenvalue weighted by molar-refractivity contribution is 7.99. The van der Waals surface area contributed by atoms with Gasteiger partial charge >= 0.3 is 12.1 Å². The monoisotopic (exact) mass is 478 g/mol. The number of imidazole rings is 1. The zero-order valence-corrected chi connectivity index (χ0v) is 18.5. The number of hydrogen-bond acceptors (Lipinski definition) is 6. The maximum absolute atomic E-state index is 12.3. The van der Waals surface area contributed by atoms with E-state index in [1.807, 2.05) is 24.3 Å². The average molecular weight is 478 g/mol. The number of fused-ring (bicyclic) bond motifs is 1. The zero-order chi connectivity index (χ0) is 24.2. The van der Waals surface area contributed by atoms with E-state index in [9.17, 15) is 19.7 Å². The molecule has 4 aromatic rings. The second-order valence-corrected chi connectivity index (χ2v) is 8.30. The van der Waals surface area contributed by atoms with Crippen molar-refractivity contribution in [1.29, 1.82) is 0 Å². The molecule has 1 aromatic heterocycles. The Hall–Kier alpha value is -4.58. The van der Waals surface area contributed by atoms with Gasteiger partial charge in [0.1, 0.15) is 0 Å². The van der Waals surface area contributed by atoms with Crippen molar-refractivity contribution in [3.63, 3.8) is 0 Å². The molecule has 0 saturated heterocycles. The quantitative estimate of drug-likeness (QED) is 0.176. The Bertz CT molecular complexity index is 1400. The minimum absolute atomic E-state index is 0.107. The number of aryl methyl sites for hydroxylation is 1. The van der Waals surface area contributed by atoms with Gasteiger partial charge in [0, 0.05) is 27.6 Å². The molecule has 0 spiro atoms. The van der Waals surface area contributed by atoms with Crippen molar-refractivity contribution in [2.24, 2.45) is 0 Å². The van der Waals surface area contributed by atoms with E-state index in [4.69, 9.17) is 5.11 Å². The first-order valence-corrected chi connectivity index (χ1v) is 10.7. The van der Waals surface area contributed by atoms with Crippen LogP contribution in [0, 0.1) is 17.0 Å². The second-order valence-electron chi connectivity index (χ2n) is 7.16. The van der Waals surface area contributed by atoms with Gasteiger partial charge in [-0.05, 0) is 55.0 Å². The maximum Gasteiger partial charge on any atom is 0.411 e. The molecule has 3 aromatic carbocycles. The molecule has 0 unspecified atom stereocenters. The van der Waals surface area contributed by atoms with Gasteiger partial charge in [0.15, 0.2) is 0 Å². The fourth-order valence-corrected chi connectivity index (χ4v) is 3.96. The van der Waals surface area contributed by atoms with Gasteiger partial charge in [-0.15, -0.1) is 0 Å². The fraction of sp³-hybridized carbons (Fsp3) is 0.0455. The predicted molar refractivity (Wildman–Crippen MR) is 129 cm³/mol. The van der Waals surface area contributed by atoms with Crippen LogP contribution >= 0.6 is 11.8 Å². The molecular weight excluding hydrogens is 460 g/mol. The lowest BCUT2D eigenvalue weighted by atomic mass is 10.2. The Labute approximate surface area is 196 Å². The first-order chi connectivity index (χ1) is 16.3. The van der Waals surface area contributed by atoms with Crippen LogP contribution in [0.5, 0.6) is 0 Å². The van der Waals surface area contributed by atoms with E-state index in [0.29, 0.717) is 28.0 Å². The Morgan fingerprint density at radius 2 is 1.74 bits per heavy atom. The molecule has 0 aliphatic heterocycles. The summed E-state index contributed by atoms with van der Waals surface area (Å²) in [4.78, 5) is 42.4. The summed E-state index contributed by atoms with van der Waals surface area (Å²) in [6.07, 6.45) is -1.20. The number of aromatic nitrogens is 2. The third kappa shape index (κ3) is 5.42. The normalized spacial score (nSPS) is 10.6. The van der Waals surface area contributed by atoms with Crippen molar-refractivity contribution < 1.29 is 19.6 Å². The highest BCUT2D eigenvalue weighted by Gasteiger charge is 2.12. The zero-order valence-electron chi connectivity index (χ0n) is 17.7. The van der Waals surface area contributed by atoms with Crippen molar-refractivity contribution in [3.05, 3.63) is 76.3 Å². The van der Waals surface area contributed by atoms with Crippen LogP contribution in [0.4, 0.5) is 32.6 Å². The number of nitrogens with zero attached hydrogens (tertiary/aromatic N) is 2. The number of benzene rings is 3. The Kier molecular flexibility index (Phi) is 6.32. The van der Waals surface area contributed by atoms with E-state index in [0.717, 1.165) is 9.79 Å². The van der Waals surface area contributed by atoms with E-state index in [1.165, 1.54) is 23.9 Å². The van der Waals surface area contributed by atoms with Crippen LogP contribution in [0.2, 0.25) is 0 Å². The van der Waals surface area contributed by atoms with E-state index < -0.39 is 17.0 Å². The molecule has 34 heavy (non-hydrogen) atoms. The molecule has 5 N–H and O–H groups in total. The number of carboxylic acid groups (broad SMARTS) is 1. The van der Waals surface area contributed by atoms with Crippen LogP contribution in [0.25, 0.3) is 11.0 Å². The van der Waals surface area contributed by atoms with Gasteiger partial charge < -0.3 is 20.7 Å². The predicted octanol–water partition coefficient (Wildman–Crippen LogP) is 5.66. The number of amides is 3. The lowest BCUT2D eigenvalue weighted by Gasteiger charge is -2.10. The molecule has 0 bridgehead atoms. The third-order valence-corrected chi connectivity index (χ3v) is 5.70. The summed E-state index contributed by atoms with van der Waals surface area (Å²) in [6, 6.07) is 16.4. The van der Waals surface area contributed by atoms with Gasteiger partial charge in [-0.2, -0.15) is 0 Å². The average Bonchev–Trinajstić information content (AvgIpc) is 3.17. The highest BCUT2D eigenvalue weighted by atomic mass is 32.2. The van der Waals surface area contributed by atoms with Gasteiger partial charge in [-0.3, -0.25) is 15.4 Å². The molecule has 0 radical (unpaired) electrons. The van der Waals surface area contributed by atoms with Crippen molar-refractivity contribution >= 4 is 57.9 Å². The van der Waals surface area contributed by atoms with E-state index in [-0.39, 0.29) is 11.6 Å². The SMILES string of the molecule is Cc1ccc([N+](=O)[O-])cc1NC(=O)Nc1ccc(Sc2ccc3nc(NC(=O)O)[nH]c3c2)cc1. The molecule has 0 fully saturated rings. The van der Waals surface area contributed by atoms with Gasteiger partial charge in [0.2, 0.25) is 5.95 Å². The number of aromatic amines is 1. The molecule has 0 aliphatic carbocycles. The van der Waals surface area contributed by atoms with Crippen molar-refractivity contribution in [2.45, 2.75) is 16.7 Å². The largest absolute Gasteiger partial charge is 0.465 e. The molecule has 172 valence electrons. The smallest absolute Gasteiger partial charge is 0.411 e. The van der Waals surface area contributed by atoms with Gasteiger partial charge in [0.05, 0.1) is 21.6 Å². The van der Waals surface area contributed by atoms with Gasteiger partial charge in [0.25, 0.3) is 5.69 Å². The first-order valence-electron chi connectivity index (χ1n) is 9.87. The molecule has 0 aliphatic rings. The van der Waals surface area contributed by atoms with Crippen LogP contribution < -0.4 is 16.0 Å². The van der Waals surface area contributed by atoms with Crippen LogP contribution in [0.1, 0.15) is 5.56 Å². The minimum Gasteiger partial charge on any atom is -0.465 e. The van der Waals surface area contributed by atoms with Crippen LogP contribution in [0.15, 0.2) is 70.5 Å². The number of carbonyl (C=O) groups excluding carboxylic acids is 1. The standard InChI is InChI=1S/C22H18N6O5S/c1-12-2-5-14(28(32)33)10-18(12)26-21(29)23-13-3-6-15(7-4-13)34-16-8-9-17-19(11-16)25-20(24-17)27-22(30)31/h2-11H,1H3,(H,30,31)(H2,23,26,29)(H2,24,25,27). The van der Waals surface area contributed by atoms with E-state index in [1.54, 1.807) is 31.2 Å². The summed E-state index contributed by atoms with van der Waals surface area (Å²) < 4.78 is 0. The number of non-ortho nitro benzene ring substituents is 1. The number of urea groups is 1. The van der Waals surface area contributed by atoms with Gasteiger partial charge in [-0.1, -0.05) is 17.8 Å². The second kappa shape index (κ2) is 9.50. The summed E-state index contributed by atoms with van der Waals surface area (Å²) in [6.45, 7) is 1.75. The number of H-pyrrole nitrogens is 1.